The number of amides is 1. The minimum absolute atomic E-state index is 0.0940. The summed E-state index contributed by atoms with van der Waals surface area (Å²) in [7, 11) is 1.91. The second-order valence-electron chi connectivity index (χ2n) is 4.97. The summed E-state index contributed by atoms with van der Waals surface area (Å²) in [6.07, 6.45) is 1.80. The third-order valence-corrected chi connectivity index (χ3v) is 3.36. The number of hydrogen-bond donors (Lipinski definition) is 1. The van der Waals surface area contributed by atoms with Crippen molar-refractivity contribution in [1.82, 2.24) is 10.2 Å². The molecule has 1 amide bonds. The van der Waals surface area contributed by atoms with E-state index < -0.39 is 6.10 Å². The van der Waals surface area contributed by atoms with Crippen LogP contribution < -0.4 is 10.1 Å². The maximum atomic E-state index is 12.1. The lowest BCUT2D eigenvalue weighted by Gasteiger charge is -2.21. The van der Waals surface area contributed by atoms with E-state index in [1.54, 1.807) is 0 Å². The molecule has 1 aliphatic heterocycles. The van der Waals surface area contributed by atoms with Crippen molar-refractivity contribution < 1.29 is 9.53 Å². The van der Waals surface area contributed by atoms with Gasteiger partial charge >= 0.3 is 0 Å². The van der Waals surface area contributed by atoms with Gasteiger partial charge in [0.2, 0.25) is 0 Å². The van der Waals surface area contributed by atoms with Crippen molar-refractivity contribution in [2.75, 3.05) is 20.1 Å². The van der Waals surface area contributed by atoms with Crippen LogP contribution in [0.2, 0.25) is 0 Å². The first-order valence-electron chi connectivity index (χ1n) is 6.89. The molecule has 0 aromatic heterocycles. The van der Waals surface area contributed by atoms with E-state index in [4.69, 9.17) is 4.74 Å². The summed E-state index contributed by atoms with van der Waals surface area (Å²) in [4.78, 5) is 14.0. The van der Waals surface area contributed by atoms with Crippen molar-refractivity contribution in [2.24, 2.45) is 0 Å². The number of carbonyl (C=O) groups excluding carboxylic acids is 1. The fraction of sp³-hybridized carbons (Fsp3) is 0.533. The van der Waals surface area contributed by atoms with Crippen LogP contribution in [0.25, 0.3) is 0 Å². The second kappa shape index (κ2) is 6.57. The quantitative estimate of drug-likeness (QED) is 0.879. The van der Waals surface area contributed by atoms with E-state index in [1.807, 2.05) is 43.1 Å². The molecule has 1 atom stereocenters. The highest BCUT2D eigenvalue weighted by molar-refractivity contribution is 5.81. The molecular formula is C15H22N2O2. The van der Waals surface area contributed by atoms with E-state index in [0.29, 0.717) is 0 Å². The van der Waals surface area contributed by atoms with Gasteiger partial charge in [-0.1, -0.05) is 12.1 Å². The van der Waals surface area contributed by atoms with E-state index in [0.717, 1.165) is 43.8 Å². The van der Waals surface area contributed by atoms with Crippen molar-refractivity contribution in [3.05, 3.63) is 29.8 Å². The smallest absolute Gasteiger partial charge is 0.263 e. The normalized spacial score (nSPS) is 16.4. The minimum atomic E-state index is -0.414. The number of likely N-dealkylation sites (tertiary alicyclic amines) is 1. The molecule has 4 nitrogen and oxygen atoms in total. The van der Waals surface area contributed by atoms with Gasteiger partial charge in [-0.2, -0.15) is 0 Å². The van der Waals surface area contributed by atoms with Gasteiger partial charge in [0, 0.05) is 19.6 Å². The molecule has 0 bridgehead atoms. The van der Waals surface area contributed by atoms with Crippen molar-refractivity contribution in [3.8, 4) is 5.75 Å². The fourth-order valence-electron chi connectivity index (χ4n) is 2.38. The van der Waals surface area contributed by atoms with Gasteiger partial charge in [-0.05, 0) is 44.5 Å². The van der Waals surface area contributed by atoms with Crippen LogP contribution in [0.3, 0.4) is 0 Å². The van der Waals surface area contributed by atoms with Gasteiger partial charge in [0.1, 0.15) is 5.75 Å². The molecule has 0 saturated carbocycles. The van der Waals surface area contributed by atoms with Gasteiger partial charge in [0.05, 0.1) is 0 Å². The highest BCUT2D eigenvalue weighted by Gasteiger charge is 2.24. The lowest BCUT2D eigenvalue weighted by atomic mass is 10.2. The number of nitrogens with one attached hydrogen (secondary N) is 1. The SMILES string of the molecule is CNCc1cccc(OC(C)C(=O)N2CCCC2)c1. The third-order valence-electron chi connectivity index (χ3n) is 3.36. The average Bonchev–Trinajstić information content (AvgIpc) is 2.92. The predicted octanol–water partition coefficient (Wildman–Crippen LogP) is 1.80. The Morgan fingerprint density at radius 3 is 2.84 bits per heavy atom. The molecule has 2 rings (SSSR count). The molecule has 1 fully saturated rings. The molecule has 1 heterocycles. The largest absolute Gasteiger partial charge is 0.481 e. The molecule has 4 heteroatoms. The second-order valence-corrected chi connectivity index (χ2v) is 4.97. The van der Waals surface area contributed by atoms with Gasteiger partial charge in [-0.3, -0.25) is 4.79 Å². The zero-order chi connectivity index (χ0) is 13.7. The molecule has 1 N–H and O–H groups in total. The topological polar surface area (TPSA) is 41.6 Å². The zero-order valence-corrected chi connectivity index (χ0v) is 11.7. The van der Waals surface area contributed by atoms with Crippen LogP contribution in [-0.4, -0.2) is 37.0 Å². The lowest BCUT2D eigenvalue weighted by Crippen LogP contribution is -2.38. The molecule has 0 aliphatic carbocycles. The molecule has 0 spiro atoms. The first-order chi connectivity index (χ1) is 9.20. The Morgan fingerprint density at radius 2 is 2.16 bits per heavy atom. The van der Waals surface area contributed by atoms with Crippen LogP contribution in [0, 0.1) is 0 Å². The van der Waals surface area contributed by atoms with Gasteiger partial charge in [-0.25, -0.2) is 0 Å². The summed E-state index contributed by atoms with van der Waals surface area (Å²) < 4.78 is 5.76. The first-order valence-corrected chi connectivity index (χ1v) is 6.89. The summed E-state index contributed by atoms with van der Waals surface area (Å²) in [5.41, 5.74) is 1.15. The predicted molar refractivity (Wildman–Crippen MR) is 75.1 cm³/mol. The highest BCUT2D eigenvalue weighted by Crippen LogP contribution is 2.17. The molecule has 1 unspecified atom stereocenters. The van der Waals surface area contributed by atoms with Crippen molar-refractivity contribution >= 4 is 5.91 Å². The van der Waals surface area contributed by atoms with Crippen LogP contribution >= 0.6 is 0 Å². The van der Waals surface area contributed by atoms with Crippen molar-refractivity contribution in [3.63, 3.8) is 0 Å². The monoisotopic (exact) mass is 262 g/mol. The maximum absolute atomic E-state index is 12.1. The molecule has 0 radical (unpaired) electrons. The fourth-order valence-corrected chi connectivity index (χ4v) is 2.38. The van der Waals surface area contributed by atoms with E-state index >= 15 is 0 Å². The van der Waals surface area contributed by atoms with Gasteiger partial charge in [0.25, 0.3) is 5.91 Å². The van der Waals surface area contributed by atoms with E-state index in [-0.39, 0.29) is 5.91 Å². The Balaban J connectivity index is 1.95. The van der Waals surface area contributed by atoms with Crippen molar-refractivity contribution in [2.45, 2.75) is 32.4 Å². The van der Waals surface area contributed by atoms with Crippen LogP contribution in [0.5, 0.6) is 5.75 Å². The van der Waals surface area contributed by atoms with Gasteiger partial charge in [0.15, 0.2) is 6.10 Å². The summed E-state index contributed by atoms with van der Waals surface area (Å²) in [6, 6.07) is 7.86. The van der Waals surface area contributed by atoms with Crippen LogP contribution in [0.4, 0.5) is 0 Å². The summed E-state index contributed by atoms with van der Waals surface area (Å²) in [6.45, 7) is 4.36. The Kier molecular flexibility index (Phi) is 4.80. The molecule has 19 heavy (non-hydrogen) atoms. The van der Waals surface area contributed by atoms with Crippen LogP contribution in [0.1, 0.15) is 25.3 Å². The van der Waals surface area contributed by atoms with Crippen molar-refractivity contribution in [1.29, 1.82) is 0 Å². The van der Waals surface area contributed by atoms with Crippen LogP contribution in [-0.2, 0) is 11.3 Å². The highest BCUT2D eigenvalue weighted by atomic mass is 16.5. The summed E-state index contributed by atoms with van der Waals surface area (Å²) in [5.74, 6) is 0.851. The number of nitrogens with zero attached hydrogens (tertiary/aromatic N) is 1. The molecule has 104 valence electrons. The van der Waals surface area contributed by atoms with Gasteiger partial charge in [-0.15, -0.1) is 0 Å². The maximum Gasteiger partial charge on any atom is 0.263 e. The Bertz CT molecular complexity index is 428. The molecule has 1 aliphatic rings. The Labute approximate surface area is 114 Å². The number of carbonyl (C=O) groups is 1. The standard InChI is InChI=1S/C15H22N2O2/c1-12(15(18)17-8-3-4-9-17)19-14-7-5-6-13(10-14)11-16-2/h5-7,10,12,16H,3-4,8-9,11H2,1-2H3. The number of rotatable bonds is 5. The number of hydrogen-bond acceptors (Lipinski definition) is 3. The molecule has 1 saturated heterocycles. The molecular weight excluding hydrogens is 240 g/mol. The van der Waals surface area contributed by atoms with Crippen LogP contribution in [0.15, 0.2) is 24.3 Å². The van der Waals surface area contributed by atoms with Gasteiger partial charge < -0.3 is 15.0 Å². The number of ether oxygens (including phenoxy) is 1. The first kappa shape index (κ1) is 13.9. The molecule has 1 aromatic rings. The summed E-state index contributed by atoms with van der Waals surface area (Å²) >= 11 is 0. The Hall–Kier alpha value is -1.55. The Morgan fingerprint density at radius 1 is 1.42 bits per heavy atom. The average molecular weight is 262 g/mol. The zero-order valence-electron chi connectivity index (χ0n) is 11.7. The lowest BCUT2D eigenvalue weighted by molar-refractivity contribution is -0.136. The summed E-state index contributed by atoms with van der Waals surface area (Å²) in [5, 5.41) is 3.10. The third kappa shape index (κ3) is 3.70. The minimum Gasteiger partial charge on any atom is -0.481 e. The van der Waals surface area contributed by atoms with E-state index in [1.165, 1.54) is 0 Å². The van der Waals surface area contributed by atoms with E-state index in [2.05, 4.69) is 5.32 Å². The molecule has 1 aromatic carbocycles. The number of benzene rings is 1. The van der Waals surface area contributed by atoms with E-state index in [9.17, 15) is 4.79 Å².